The average molecular weight is 352 g/mol. The first kappa shape index (κ1) is 20.5. The van der Waals surface area contributed by atoms with Crippen LogP contribution in [0.3, 0.4) is 0 Å². The van der Waals surface area contributed by atoms with Crippen LogP contribution in [0.5, 0.6) is 0 Å². The lowest BCUT2D eigenvalue weighted by molar-refractivity contribution is 0.153. The molecule has 0 amide bonds. The number of rotatable bonds is 6. The Morgan fingerprint density at radius 2 is 1.60 bits per heavy atom. The number of aliphatic imine (C=N–C) groups is 1. The first-order chi connectivity index (χ1) is 12.0. The van der Waals surface area contributed by atoms with Gasteiger partial charge in [0.25, 0.3) is 0 Å². The molecule has 0 spiro atoms. The van der Waals surface area contributed by atoms with Crippen molar-refractivity contribution >= 4 is 5.96 Å². The minimum atomic E-state index is 0.754. The summed E-state index contributed by atoms with van der Waals surface area (Å²) in [4.78, 5) is 12.2. The van der Waals surface area contributed by atoms with Crippen molar-refractivity contribution in [2.24, 2.45) is 22.7 Å². The van der Waals surface area contributed by atoms with Crippen molar-refractivity contribution < 1.29 is 0 Å². The lowest BCUT2D eigenvalue weighted by Gasteiger charge is -2.38. The van der Waals surface area contributed by atoms with Gasteiger partial charge in [-0.25, -0.2) is 0 Å². The highest BCUT2D eigenvalue weighted by Crippen LogP contribution is 2.17. The van der Waals surface area contributed by atoms with Gasteiger partial charge in [0.15, 0.2) is 5.96 Å². The molecule has 0 saturated carbocycles. The first-order valence-corrected chi connectivity index (χ1v) is 10.4. The van der Waals surface area contributed by atoms with Crippen LogP contribution in [0.2, 0.25) is 0 Å². The molecular formula is C20H41N5. The number of guanidine groups is 1. The van der Waals surface area contributed by atoms with Gasteiger partial charge in [-0.2, -0.15) is 0 Å². The molecule has 146 valence electrons. The zero-order valence-corrected chi connectivity index (χ0v) is 17.3. The van der Waals surface area contributed by atoms with Crippen molar-refractivity contribution in [2.75, 3.05) is 66.0 Å². The molecule has 2 heterocycles. The largest absolute Gasteiger partial charge is 0.356 e. The third-order valence-corrected chi connectivity index (χ3v) is 5.28. The molecule has 0 aromatic rings. The van der Waals surface area contributed by atoms with Gasteiger partial charge in [-0.3, -0.25) is 9.89 Å². The lowest BCUT2D eigenvalue weighted by atomic mass is 9.97. The van der Waals surface area contributed by atoms with Gasteiger partial charge in [0, 0.05) is 59.4 Å². The van der Waals surface area contributed by atoms with E-state index in [2.05, 4.69) is 52.7 Å². The standard InChI is InChI=1S/C20H41N5/c1-17(2)14-23-9-11-25(12-10-23)20(21-5)22-13-19-7-6-8-24(16-19)15-18(3)4/h17-19H,6-16H2,1-5H3,(H,21,22). The summed E-state index contributed by atoms with van der Waals surface area (Å²) in [5, 5.41) is 3.67. The number of piperazine rings is 1. The fourth-order valence-electron chi connectivity index (χ4n) is 4.23. The van der Waals surface area contributed by atoms with Gasteiger partial charge in [0.05, 0.1) is 0 Å². The van der Waals surface area contributed by atoms with Gasteiger partial charge in [-0.05, 0) is 37.1 Å². The van der Waals surface area contributed by atoms with E-state index in [-0.39, 0.29) is 0 Å². The Bertz CT molecular complexity index is 399. The van der Waals surface area contributed by atoms with E-state index in [0.29, 0.717) is 0 Å². The van der Waals surface area contributed by atoms with Crippen molar-refractivity contribution in [2.45, 2.75) is 40.5 Å². The Balaban J connectivity index is 1.73. The predicted molar refractivity (Wildman–Crippen MR) is 108 cm³/mol. The summed E-state index contributed by atoms with van der Waals surface area (Å²) in [7, 11) is 1.93. The van der Waals surface area contributed by atoms with Gasteiger partial charge in [-0.15, -0.1) is 0 Å². The van der Waals surface area contributed by atoms with Crippen LogP contribution in [-0.4, -0.2) is 86.6 Å². The molecule has 25 heavy (non-hydrogen) atoms. The Kier molecular flexibility index (Phi) is 8.50. The van der Waals surface area contributed by atoms with Crippen LogP contribution in [0.15, 0.2) is 4.99 Å². The molecule has 2 aliphatic rings. The second-order valence-corrected chi connectivity index (χ2v) is 8.77. The highest BCUT2D eigenvalue weighted by Gasteiger charge is 2.23. The normalized spacial score (nSPS) is 24.4. The number of hydrogen-bond donors (Lipinski definition) is 1. The topological polar surface area (TPSA) is 34.1 Å². The SMILES string of the molecule is CN=C(NCC1CCCN(CC(C)C)C1)N1CCN(CC(C)C)CC1. The molecule has 0 aliphatic carbocycles. The first-order valence-electron chi connectivity index (χ1n) is 10.4. The molecule has 2 aliphatic heterocycles. The van der Waals surface area contributed by atoms with Gasteiger partial charge in [0.2, 0.25) is 0 Å². The Morgan fingerprint density at radius 1 is 0.960 bits per heavy atom. The van der Waals surface area contributed by atoms with Crippen molar-refractivity contribution in [3.8, 4) is 0 Å². The number of nitrogens with one attached hydrogen (secondary N) is 1. The zero-order valence-electron chi connectivity index (χ0n) is 17.3. The predicted octanol–water partition coefficient (Wildman–Crippen LogP) is 2.20. The lowest BCUT2D eigenvalue weighted by Crippen LogP contribution is -2.54. The van der Waals surface area contributed by atoms with E-state index < -0.39 is 0 Å². The van der Waals surface area contributed by atoms with Crippen LogP contribution in [0.1, 0.15) is 40.5 Å². The van der Waals surface area contributed by atoms with E-state index in [9.17, 15) is 0 Å². The summed E-state index contributed by atoms with van der Waals surface area (Å²) in [5.74, 6) is 3.38. The number of nitrogens with zero attached hydrogens (tertiary/aromatic N) is 4. The van der Waals surface area contributed by atoms with E-state index in [1.54, 1.807) is 0 Å². The molecule has 2 saturated heterocycles. The number of likely N-dealkylation sites (tertiary alicyclic amines) is 1. The number of piperidine rings is 1. The van der Waals surface area contributed by atoms with E-state index in [0.717, 1.165) is 56.4 Å². The van der Waals surface area contributed by atoms with Crippen molar-refractivity contribution in [1.82, 2.24) is 20.0 Å². The zero-order chi connectivity index (χ0) is 18.2. The highest BCUT2D eigenvalue weighted by atomic mass is 15.3. The number of hydrogen-bond acceptors (Lipinski definition) is 3. The minimum Gasteiger partial charge on any atom is -0.356 e. The molecule has 1 unspecified atom stereocenters. The second kappa shape index (κ2) is 10.4. The Hall–Kier alpha value is -0.810. The monoisotopic (exact) mass is 351 g/mol. The summed E-state index contributed by atoms with van der Waals surface area (Å²) < 4.78 is 0. The van der Waals surface area contributed by atoms with E-state index in [1.807, 2.05) is 7.05 Å². The summed E-state index contributed by atoms with van der Waals surface area (Å²) >= 11 is 0. The Morgan fingerprint density at radius 3 is 2.20 bits per heavy atom. The van der Waals surface area contributed by atoms with Crippen LogP contribution in [0.4, 0.5) is 0 Å². The molecule has 1 atom stereocenters. The maximum Gasteiger partial charge on any atom is 0.193 e. The average Bonchev–Trinajstić information content (AvgIpc) is 2.56. The van der Waals surface area contributed by atoms with E-state index in [4.69, 9.17) is 0 Å². The van der Waals surface area contributed by atoms with Gasteiger partial charge >= 0.3 is 0 Å². The molecule has 0 radical (unpaired) electrons. The minimum absolute atomic E-state index is 0.754. The second-order valence-electron chi connectivity index (χ2n) is 8.77. The van der Waals surface area contributed by atoms with E-state index in [1.165, 1.54) is 39.0 Å². The summed E-state index contributed by atoms with van der Waals surface area (Å²) in [6.07, 6.45) is 2.69. The van der Waals surface area contributed by atoms with E-state index >= 15 is 0 Å². The molecule has 2 fully saturated rings. The van der Waals surface area contributed by atoms with Gasteiger partial charge in [0.1, 0.15) is 0 Å². The molecule has 0 aromatic heterocycles. The van der Waals surface area contributed by atoms with Crippen molar-refractivity contribution in [3.63, 3.8) is 0 Å². The maximum absolute atomic E-state index is 4.55. The third-order valence-electron chi connectivity index (χ3n) is 5.28. The van der Waals surface area contributed by atoms with Crippen LogP contribution in [0, 0.1) is 17.8 Å². The molecule has 2 rings (SSSR count). The van der Waals surface area contributed by atoms with Gasteiger partial charge in [-0.1, -0.05) is 27.7 Å². The molecule has 1 N–H and O–H groups in total. The highest BCUT2D eigenvalue weighted by molar-refractivity contribution is 5.80. The smallest absolute Gasteiger partial charge is 0.193 e. The van der Waals surface area contributed by atoms with Crippen LogP contribution < -0.4 is 5.32 Å². The fourth-order valence-corrected chi connectivity index (χ4v) is 4.23. The van der Waals surface area contributed by atoms with Crippen molar-refractivity contribution in [1.29, 1.82) is 0 Å². The quantitative estimate of drug-likeness (QED) is 0.588. The Labute approximate surface area is 155 Å². The summed E-state index contributed by atoms with van der Waals surface area (Å²) in [5.41, 5.74) is 0. The van der Waals surface area contributed by atoms with Gasteiger partial charge < -0.3 is 15.1 Å². The van der Waals surface area contributed by atoms with Crippen LogP contribution in [0.25, 0.3) is 0 Å². The maximum atomic E-state index is 4.55. The molecular weight excluding hydrogens is 310 g/mol. The molecule has 0 aromatic carbocycles. The van der Waals surface area contributed by atoms with Crippen LogP contribution in [-0.2, 0) is 0 Å². The molecule has 5 heteroatoms. The van der Waals surface area contributed by atoms with Crippen molar-refractivity contribution in [3.05, 3.63) is 0 Å². The fraction of sp³-hybridized carbons (Fsp3) is 0.950. The third kappa shape index (κ3) is 7.14. The molecule has 0 bridgehead atoms. The van der Waals surface area contributed by atoms with Crippen LogP contribution >= 0.6 is 0 Å². The molecule has 5 nitrogen and oxygen atoms in total. The summed E-state index contributed by atoms with van der Waals surface area (Å²) in [6, 6.07) is 0. The summed E-state index contributed by atoms with van der Waals surface area (Å²) in [6.45, 7) is 19.8.